The first-order valence-electron chi connectivity index (χ1n) is 13.6. The molecule has 0 aliphatic heterocycles. The smallest absolute Gasteiger partial charge is 0.272 e. The van der Waals surface area contributed by atoms with Crippen LogP contribution in [0.25, 0.3) is 0 Å². The zero-order valence-electron chi connectivity index (χ0n) is 22.1. The highest BCUT2D eigenvalue weighted by molar-refractivity contribution is 5.15. The summed E-state index contributed by atoms with van der Waals surface area (Å²) in [6.07, 6.45) is 17.3. The quantitative estimate of drug-likeness (QED) is 0.134. The van der Waals surface area contributed by atoms with Gasteiger partial charge in [0.2, 0.25) is 0 Å². The molecule has 0 aliphatic carbocycles. The van der Waals surface area contributed by atoms with E-state index >= 15 is 0 Å². The molecule has 3 nitrogen and oxygen atoms in total. The van der Waals surface area contributed by atoms with E-state index in [-0.39, 0.29) is 24.1 Å². The summed E-state index contributed by atoms with van der Waals surface area (Å²) in [5, 5.41) is 0. The predicted molar refractivity (Wildman–Crippen MR) is 137 cm³/mol. The first-order chi connectivity index (χ1) is 15.9. The first-order valence-corrected chi connectivity index (χ1v) is 13.6. The van der Waals surface area contributed by atoms with Crippen LogP contribution in [0.15, 0.2) is 24.3 Å². The summed E-state index contributed by atoms with van der Waals surface area (Å²) in [5.41, 5.74) is 1.22. The van der Waals surface area contributed by atoms with Crippen LogP contribution in [0.3, 0.4) is 0 Å². The molecule has 0 spiro atoms. The monoisotopic (exact) mass is 466 g/mol. The van der Waals surface area contributed by atoms with E-state index in [0.29, 0.717) is 0 Å². The van der Waals surface area contributed by atoms with Crippen molar-refractivity contribution in [2.45, 2.75) is 149 Å². The van der Waals surface area contributed by atoms with Crippen molar-refractivity contribution >= 4 is 0 Å². The molecule has 1 rings (SSSR count). The second-order valence-corrected chi connectivity index (χ2v) is 9.91. The van der Waals surface area contributed by atoms with Crippen LogP contribution in [-0.2, 0) is 20.6 Å². The van der Waals surface area contributed by atoms with Gasteiger partial charge in [0, 0.05) is 0 Å². The highest BCUT2D eigenvalue weighted by Crippen LogP contribution is 2.20. The van der Waals surface area contributed by atoms with Crippen LogP contribution in [0.2, 0.25) is 0 Å². The van der Waals surface area contributed by atoms with Gasteiger partial charge in [0.15, 0.2) is 0 Å². The molecule has 33 heavy (non-hydrogen) atoms. The van der Waals surface area contributed by atoms with Crippen molar-refractivity contribution in [2.24, 2.45) is 0 Å². The van der Waals surface area contributed by atoms with Crippen molar-refractivity contribution in [2.75, 3.05) is 0 Å². The van der Waals surface area contributed by atoms with Gasteiger partial charge in [-0.1, -0.05) is 83.3 Å². The fourth-order valence-electron chi connectivity index (χ4n) is 4.01. The summed E-state index contributed by atoms with van der Waals surface area (Å²) in [6.45, 7) is 9.76. The van der Waals surface area contributed by atoms with Gasteiger partial charge in [-0.05, 0) is 71.1 Å². The summed E-state index contributed by atoms with van der Waals surface area (Å²) in [5.74, 6) is -0.160. The molecule has 0 aliphatic rings. The van der Waals surface area contributed by atoms with E-state index in [4.69, 9.17) is 14.2 Å². The molecular weight excluding hydrogens is 415 g/mol. The fraction of sp³-hybridized carbons (Fsp3) is 0.793. The molecule has 1 aromatic carbocycles. The molecule has 0 radical (unpaired) electrons. The molecule has 0 saturated heterocycles. The second kappa shape index (κ2) is 19.3. The maximum atomic E-state index is 13.0. The topological polar surface area (TPSA) is 27.7 Å². The molecule has 0 amide bonds. The third-order valence-electron chi connectivity index (χ3n) is 5.85. The summed E-state index contributed by atoms with van der Waals surface area (Å²) in [7, 11) is 0. The van der Waals surface area contributed by atoms with E-state index in [0.717, 1.165) is 32.1 Å². The summed E-state index contributed by atoms with van der Waals surface area (Å²) in [6, 6.07) is 6.89. The number of hydrogen-bond acceptors (Lipinski definition) is 3. The summed E-state index contributed by atoms with van der Waals surface area (Å²) in [4.78, 5) is 0. The fourth-order valence-corrected chi connectivity index (χ4v) is 4.01. The molecule has 0 heterocycles. The third kappa shape index (κ3) is 17.2. The number of unbranched alkanes of at least 4 members (excludes halogenated alkanes) is 9. The number of aryl methyl sites for hydroxylation is 1. The molecule has 0 N–H and O–H groups in total. The van der Waals surface area contributed by atoms with Gasteiger partial charge in [0.1, 0.15) is 5.82 Å². The lowest BCUT2D eigenvalue weighted by Gasteiger charge is -2.27. The van der Waals surface area contributed by atoms with Gasteiger partial charge in [-0.3, -0.25) is 0 Å². The van der Waals surface area contributed by atoms with Crippen LogP contribution in [0.1, 0.15) is 124 Å². The minimum Gasteiger partial charge on any atom is -0.327 e. The molecule has 0 bridgehead atoms. The Hall–Kier alpha value is -0.970. The number of benzene rings is 1. The Kier molecular flexibility index (Phi) is 17.6. The number of ether oxygens (including phenoxy) is 3. The predicted octanol–water partition coefficient (Wildman–Crippen LogP) is 8.98. The van der Waals surface area contributed by atoms with E-state index in [1.165, 1.54) is 63.4 Å². The Morgan fingerprint density at radius 3 is 1.64 bits per heavy atom. The van der Waals surface area contributed by atoms with E-state index in [1.54, 1.807) is 12.1 Å². The lowest BCUT2D eigenvalue weighted by molar-refractivity contribution is -0.327. The number of halogens is 1. The van der Waals surface area contributed by atoms with Crippen LogP contribution in [0.4, 0.5) is 4.39 Å². The molecule has 4 heteroatoms. The van der Waals surface area contributed by atoms with Crippen LogP contribution in [0, 0.1) is 5.82 Å². The molecule has 0 saturated carbocycles. The third-order valence-corrected chi connectivity index (χ3v) is 5.85. The van der Waals surface area contributed by atoms with Gasteiger partial charge in [-0.2, -0.15) is 0 Å². The molecule has 0 fully saturated rings. The maximum Gasteiger partial charge on any atom is 0.272 e. The van der Waals surface area contributed by atoms with Crippen LogP contribution < -0.4 is 0 Å². The SMILES string of the molecule is CCCCCCCCCC(CCCCCCc1ccc(F)cc1)OC(OC(C)C)OC(C)C. The van der Waals surface area contributed by atoms with Crippen molar-refractivity contribution in [1.29, 1.82) is 0 Å². The average Bonchev–Trinajstić information content (AvgIpc) is 2.75. The zero-order chi connectivity index (χ0) is 24.3. The van der Waals surface area contributed by atoms with E-state index in [2.05, 4.69) is 6.92 Å². The van der Waals surface area contributed by atoms with Crippen LogP contribution in [-0.4, -0.2) is 24.8 Å². The molecule has 0 aromatic heterocycles. The Morgan fingerprint density at radius 2 is 1.12 bits per heavy atom. The van der Waals surface area contributed by atoms with Gasteiger partial charge in [-0.15, -0.1) is 0 Å². The number of hydrogen-bond donors (Lipinski definition) is 0. The summed E-state index contributed by atoms with van der Waals surface area (Å²) < 4.78 is 31.1. The molecule has 1 unspecified atom stereocenters. The van der Waals surface area contributed by atoms with E-state index in [9.17, 15) is 4.39 Å². The standard InChI is InChI=1S/C29H51FO3/c1-6-7-8-9-10-11-15-18-28(33-29(31-24(2)3)32-25(4)5)19-16-13-12-14-17-26-20-22-27(30)23-21-26/h20-25,28-29H,6-19H2,1-5H3. The lowest BCUT2D eigenvalue weighted by atomic mass is 10.0. The number of rotatable bonds is 21. The lowest BCUT2D eigenvalue weighted by Crippen LogP contribution is -2.31. The largest absolute Gasteiger partial charge is 0.327 e. The van der Waals surface area contributed by atoms with E-state index < -0.39 is 6.48 Å². The molecule has 1 atom stereocenters. The Morgan fingerprint density at radius 1 is 0.636 bits per heavy atom. The van der Waals surface area contributed by atoms with E-state index in [1.807, 2.05) is 39.8 Å². The molecule has 1 aromatic rings. The Balaban J connectivity index is 2.39. The highest BCUT2D eigenvalue weighted by atomic mass is 19.1. The maximum absolute atomic E-state index is 13.0. The van der Waals surface area contributed by atoms with Crippen molar-refractivity contribution in [3.63, 3.8) is 0 Å². The first kappa shape index (κ1) is 30.1. The average molecular weight is 467 g/mol. The van der Waals surface area contributed by atoms with Crippen molar-refractivity contribution < 1.29 is 18.6 Å². The summed E-state index contributed by atoms with van der Waals surface area (Å²) >= 11 is 0. The Bertz CT molecular complexity index is 548. The highest BCUT2D eigenvalue weighted by Gasteiger charge is 2.20. The normalized spacial score (nSPS) is 12.9. The minimum absolute atomic E-state index is 0.0689. The zero-order valence-corrected chi connectivity index (χ0v) is 22.1. The van der Waals surface area contributed by atoms with Crippen molar-refractivity contribution in [3.05, 3.63) is 35.6 Å². The van der Waals surface area contributed by atoms with Crippen LogP contribution >= 0.6 is 0 Å². The van der Waals surface area contributed by atoms with Crippen molar-refractivity contribution in [3.8, 4) is 0 Å². The Labute approximate surface area is 203 Å². The molecule has 192 valence electrons. The van der Waals surface area contributed by atoms with Gasteiger partial charge in [-0.25, -0.2) is 4.39 Å². The van der Waals surface area contributed by atoms with Gasteiger partial charge < -0.3 is 14.2 Å². The minimum atomic E-state index is -0.585. The van der Waals surface area contributed by atoms with Crippen LogP contribution in [0.5, 0.6) is 0 Å². The van der Waals surface area contributed by atoms with Gasteiger partial charge in [0.05, 0.1) is 18.3 Å². The van der Waals surface area contributed by atoms with Crippen molar-refractivity contribution in [1.82, 2.24) is 0 Å². The van der Waals surface area contributed by atoms with Gasteiger partial charge >= 0.3 is 0 Å². The molecular formula is C29H51FO3. The van der Waals surface area contributed by atoms with Gasteiger partial charge in [0.25, 0.3) is 6.48 Å². The second-order valence-electron chi connectivity index (χ2n) is 9.91.